The van der Waals surface area contributed by atoms with Crippen LogP contribution in [-0.2, 0) is 11.2 Å². The van der Waals surface area contributed by atoms with E-state index in [0.717, 1.165) is 28.9 Å². The number of amides is 1. The Balaban J connectivity index is 1.48. The van der Waals surface area contributed by atoms with E-state index in [0.29, 0.717) is 12.4 Å². The molecule has 24 heavy (non-hydrogen) atoms. The minimum atomic E-state index is -0.752. The van der Waals surface area contributed by atoms with Crippen molar-refractivity contribution in [1.82, 2.24) is 5.32 Å². The number of rotatable bonds is 6. The summed E-state index contributed by atoms with van der Waals surface area (Å²) in [6, 6.07) is 13.2. The summed E-state index contributed by atoms with van der Waals surface area (Å²) in [5.74, 6) is 1.30. The van der Waals surface area contributed by atoms with Crippen LogP contribution < -0.4 is 14.8 Å². The third-order valence-electron chi connectivity index (χ3n) is 4.04. The average Bonchev–Trinajstić information content (AvgIpc) is 3.06. The van der Waals surface area contributed by atoms with Gasteiger partial charge in [-0.25, -0.2) is 0 Å². The van der Waals surface area contributed by atoms with E-state index < -0.39 is 6.10 Å². The number of carbonyl (C=O) groups is 1. The van der Waals surface area contributed by atoms with Crippen LogP contribution >= 0.6 is 0 Å². The quantitative estimate of drug-likeness (QED) is 0.853. The monoisotopic (exact) mass is 327 g/mol. The molecule has 2 aromatic carbocycles. The van der Waals surface area contributed by atoms with E-state index >= 15 is 0 Å². The highest BCUT2D eigenvalue weighted by Crippen LogP contribution is 2.28. The summed E-state index contributed by atoms with van der Waals surface area (Å²) in [7, 11) is 0. The van der Waals surface area contributed by atoms with Gasteiger partial charge < -0.3 is 19.9 Å². The van der Waals surface area contributed by atoms with Crippen LogP contribution in [0.5, 0.6) is 11.5 Å². The van der Waals surface area contributed by atoms with Crippen molar-refractivity contribution in [1.29, 1.82) is 0 Å². The van der Waals surface area contributed by atoms with Gasteiger partial charge in [0.1, 0.15) is 11.5 Å². The van der Waals surface area contributed by atoms with Gasteiger partial charge in [0.2, 0.25) is 0 Å². The fourth-order valence-electron chi connectivity index (χ4n) is 2.65. The number of benzene rings is 2. The summed E-state index contributed by atoms with van der Waals surface area (Å²) >= 11 is 0. The normalized spacial score (nSPS) is 13.8. The lowest BCUT2D eigenvalue weighted by Crippen LogP contribution is -2.32. The molecule has 0 spiro atoms. The van der Waals surface area contributed by atoms with Crippen molar-refractivity contribution in [3.63, 3.8) is 0 Å². The molecule has 3 rings (SSSR count). The minimum Gasteiger partial charge on any atom is -0.493 e. The highest BCUT2D eigenvalue weighted by atomic mass is 16.5. The van der Waals surface area contributed by atoms with Gasteiger partial charge >= 0.3 is 0 Å². The van der Waals surface area contributed by atoms with Crippen molar-refractivity contribution in [3.05, 3.63) is 59.2 Å². The first-order chi connectivity index (χ1) is 11.6. The molecule has 0 radical (unpaired) electrons. The molecule has 0 aromatic heterocycles. The summed E-state index contributed by atoms with van der Waals surface area (Å²) in [4.78, 5) is 11.9. The van der Waals surface area contributed by atoms with Crippen LogP contribution in [0.3, 0.4) is 0 Å². The van der Waals surface area contributed by atoms with E-state index in [1.54, 1.807) is 0 Å². The Morgan fingerprint density at radius 1 is 1.33 bits per heavy atom. The summed E-state index contributed by atoms with van der Waals surface area (Å²) in [6.07, 6.45) is 0.102. The van der Waals surface area contributed by atoms with Gasteiger partial charge in [-0.05, 0) is 41.8 Å². The Bertz CT molecular complexity index is 729. The first kappa shape index (κ1) is 16.3. The maximum Gasteiger partial charge on any atom is 0.258 e. The molecular weight excluding hydrogens is 306 g/mol. The van der Waals surface area contributed by atoms with Crippen LogP contribution in [0.2, 0.25) is 0 Å². The first-order valence-corrected chi connectivity index (χ1v) is 8.02. The molecule has 126 valence electrons. The number of fused-ring (bicyclic) bond motifs is 1. The van der Waals surface area contributed by atoms with Crippen molar-refractivity contribution in [2.24, 2.45) is 0 Å². The lowest BCUT2D eigenvalue weighted by molar-refractivity contribution is -0.123. The van der Waals surface area contributed by atoms with E-state index in [1.165, 1.54) is 0 Å². The molecule has 0 bridgehead atoms. The molecule has 5 heteroatoms. The smallest absolute Gasteiger partial charge is 0.258 e. The number of hydrogen-bond acceptors (Lipinski definition) is 4. The molecule has 2 N–H and O–H groups in total. The second-order valence-corrected chi connectivity index (χ2v) is 5.84. The second kappa shape index (κ2) is 7.36. The topological polar surface area (TPSA) is 67.8 Å². The highest BCUT2D eigenvalue weighted by molar-refractivity contribution is 5.77. The Labute approximate surface area is 141 Å². The van der Waals surface area contributed by atoms with Gasteiger partial charge in [-0.3, -0.25) is 4.79 Å². The van der Waals surface area contributed by atoms with Gasteiger partial charge in [-0.15, -0.1) is 0 Å². The molecule has 0 saturated heterocycles. The number of aliphatic hydroxyl groups excluding tert-OH is 1. The maximum atomic E-state index is 11.9. The summed E-state index contributed by atoms with van der Waals surface area (Å²) in [5, 5.41) is 12.9. The van der Waals surface area contributed by atoms with Gasteiger partial charge in [0, 0.05) is 13.0 Å². The van der Waals surface area contributed by atoms with Crippen LogP contribution in [0, 0.1) is 6.92 Å². The lowest BCUT2D eigenvalue weighted by Gasteiger charge is -2.14. The Hall–Kier alpha value is -2.53. The Morgan fingerprint density at radius 3 is 3.00 bits per heavy atom. The Morgan fingerprint density at radius 2 is 2.17 bits per heavy atom. The van der Waals surface area contributed by atoms with Crippen LogP contribution in [0.25, 0.3) is 0 Å². The summed E-state index contributed by atoms with van der Waals surface area (Å²) < 4.78 is 10.9. The molecule has 1 aliphatic rings. The molecule has 1 amide bonds. The predicted octanol–water partition coefficient (Wildman–Crippen LogP) is 2.16. The van der Waals surface area contributed by atoms with Gasteiger partial charge in [0.15, 0.2) is 6.61 Å². The molecule has 0 fully saturated rings. The number of nitrogens with one attached hydrogen (secondary N) is 1. The van der Waals surface area contributed by atoms with Crippen LogP contribution in [0.15, 0.2) is 42.5 Å². The molecule has 1 atom stereocenters. The maximum absolute atomic E-state index is 11.9. The molecule has 1 aliphatic heterocycles. The van der Waals surface area contributed by atoms with Gasteiger partial charge in [0.25, 0.3) is 5.91 Å². The van der Waals surface area contributed by atoms with Crippen molar-refractivity contribution < 1.29 is 19.4 Å². The molecule has 1 unspecified atom stereocenters. The number of aryl methyl sites for hydroxylation is 1. The lowest BCUT2D eigenvalue weighted by atomic mass is 10.0. The zero-order valence-electron chi connectivity index (χ0n) is 13.6. The molecule has 5 nitrogen and oxygen atoms in total. The average molecular weight is 327 g/mol. The van der Waals surface area contributed by atoms with Crippen LogP contribution in [0.4, 0.5) is 0 Å². The first-order valence-electron chi connectivity index (χ1n) is 8.02. The summed E-state index contributed by atoms with van der Waals surface area (Å²) in [5.41, 5.74) is 2.85. The van der Waals surface area contributed by atoms with E-state index in [-0.39, 0.29) is 19.1 Å². The van der Waals surface area contributed by atoms with Gasteiger partial charge in [-0.2, -0.15) is 0 Å². The molecular formula is C19H21NO4. The third kappa shape index (κ3) is 3.86. The molecule has 0 aliphatic carbocycles. The largest absolute Gasteiger partial charge is 0.493 e. The van der Waals surface area contributed by atoms with Crippen molar-refractivity contribution >= 4 is 5.91 Å². The SMILES string of the molecule is Cc1ccccc1OCC(=O)NCC(O)c1ccc2c(c1)CCO2. The predicted molar refractivity (Wildman–Crippen MR) is 90.3 cm³/mol. The zero-order valence-corrected chi connectivity index (χ0v) is 13.6. The van der Waals surface area contributed by atoms with E-state index in [4.69, 9.17) is 9.47 Å². The molecule has 2 aromatic rings. The van der Waals surface area contributed by atoms with E-state index in [2.05, 4.69) is 5.32 Å². The van der Waals surface area contributed by atoms with Gasteiger partial charge in [0.05, 0.1) is 12.7 Å². The number of carbonyl (C=O) groups excluding carboxylic acids is 1. The number of ether oxygens (including phenoxy) is 2. The molecule has 0 saturated carbocycles. The Kier molecular flexibility index (Phi) is 5.01. The summed E-state index contributed by atoms with van der Waals surface area (Å²) in [6.45, 7) is 2.68. The minimum absolute atomic E-state index is 0.0738. The fraction of sp³-hybridized carbons (Fsp3) is 0.316. The van der Waals surface area contributed by atoms with Crippen molar-refractivity contribution in [2.45, 2.75) is 19.4 Å². The number of para-hydroxylation sites is 1. The second-order valence-electron chi connectivity index (χ2n) is 5.84. The third-order valence-corrected chi connectivity index (χ3v) is 4.04. The van der Waals surface area contributed by atoms with Gasteiger partial charge in [-0.1, -0.05) is 24.3 Å². The van der Waals surface area contributed by atoms with Crippen LogP contribution in [0.1, 0.15) is 22.8 Å². The van der Waals surface area contributed by atoms with Crippen molar-refractivity contribution in [3.8, 4) is 11.5 Å². The zero-order chi connectivity index (χ0) is 16.9. The van der Waals surface area contributed by atoms with E-state index in [9.17, 15) is 9.90 Å². The van der Waals surface area contributed by atoms with Crippen LogP contribution in [-0.4, -0.2) is 30.8 Å². The molecule has 1 heterocycles. The van der Waals surface area contributed by atoms with E-state index in [1.807, 2.05) is 49.4 Å². The highest BCUT2D eigenvalue weighted by Gasteiger charge is 2.16. The number of hydrogen-bond donors (Lipinski definition) is 2. The fourth-order valence-corrected chi connectivity index (χ4v) is 2.65. The standard InChI is InChI=1S/C19H21NO4/c1-13-4-2-3-5-17(13)24-12-19(22)20-11-16(21)14-6-7-18-15(10-14)8-9-23-18/h2-7,10,16,21H,8-9,11-12H2,1H3,(H,20,22). The van der Waals surface area contributed by atoms with Crippen molar-refractivity contribution in [2.75, 3.05) is 19.8 Å². The number of aliphatic hydroxyl groups is 1.